The number of aliphatic carboxylic acids is 4. The summed E-state index contributed by atoms with van der Waals surface area (Å²) in [5.41, 5.74) is 0. The van der Waals surface area contributed by atoms with E-state index in [-0.39, 0.29) is 13.2 Å². The first kappa shape index (κ1) is 34.2. The fourth-order valence-electron chi connectivity index (χ4n) is 2.29. The van der Waals surface area contributed by atoms with Gasteiger partial charge in [0.15, 0.2) is 0 Å². The largest absolute Gasteiger partial charge is 0.481 e. The van der Waals surface area contributed by atoms with Gasteiger partial charge in [-0.1, -0.05) is 0 Å². The molecule has 0 aliphatic carbocycles. The summed E-state index contributed by atoms with van der Waals surface area (Å²) in [5.74, 6) is -12.1. The number of ether oxygens (including phenoxy) is 3. The quantitative estimate of drug-likeness (QED) is 0.0738. The zero-order valence-electron chi connectivity index (χ0n) is 19.0. The lowest BCUT2D eigenvalue weighted by molar-refractivity contribution is -0.154. The molecule has 15 heteroatoms. The van der Waals surface area contributed by atoms with E-state index in [1.54, 1.807) is 0 Å². The molecule has 0 fully saturated rings. The molecule has 6 N–H and O–H groups in total. The Morgan fingerprint density at radius 1 is 0.514 bits per heavy atom. The molecule has 0 radical (unpaired) electrons. The number of aliphatic hydroxyl groups excluding tert-OH is 2. The molecule has 0 saturated heterocycles. The van der Waals surface area contributed by atoms with Gasteiger partial charge in [-0.15, -0.1) is 0 Å². The van der Waals surface area contributed by atoms with Crippen molar-refractivity contribution in [3.8, 4) is 0 Å². The maximum absolute atomic E-state index is 11.6. The minimum Gasteiger partial charge on any atom is -0.481 e. The van der Waals surface area contributed by atoms with Gasteiger partial charge in [-0.3, -0.25) is 28.8 Å². The van der Waals surface area contributed by atoms with Crippen LogP contribution in [0.15, 0.2) is 0 Å². The first-order chi connectivity index (χ1) is 16.5. The second-order valence-corrected chi connectivity index (χ2v) is 6.69. The third-order valence-electron chi connectivity index (χ3n) is 3.96. The Balaban J connectivity index is 0. The molecule has 35 heavy (non-hydrogen) atoms. The number of ketones is 2. The molecular formula is C20H32O15. The van der Waals surface area contributed by atoms with Crippen molar-refractivity contribution >= 4 is 35.4 Å². The fraction of sp³-hybridized carbons (Fsp3) is 0.700. The van der Waals surface area contributed by atoms with Crippen molar-refractivity contribution in [2.75, 3.05) is 52.9 Å². The molecule has 0 heterocycles. The third-order valence-corrected chi connectivity index (χ3v) is 3.96. The Bertz CT molecular complexity index is 619. The second kappa shape index (κ2) is 21.5. The summed E-state index contributed by atoms with van der Waals surface area (Å²) in [4.78, 5) is 65.6. The number of carbonyl (C=O) groups excluding carboxylic acids is 2. The van der Waals surface area contributed by atoms with Gasteiger partial charge in [0.05, 0.1) is 65.7 Å². The predicted molar refractivity (Wildman–Crippen MR) is 113 cm³/mol. The van der Waals surface area contributed by atoms with Crippen LogP contribution in [0.4, 0.5) is 0 Å². The van der Waals surface area contributed by atoms with E-state index in [1.807, 2.05) is 0 Å². The van der Waals surface area contributed by atoms with Gasteiger partial charge in [0.25, 0.3) is 0 Å². The van der Waals surface area contributed by atoms with Gasteiger partial charge in [-0.2, -0.15) is 0 Å². The van der Waals surface area contributed by atoms with Crippen molar-refractivity contribution in [3.05, 3.63) is 0 Å². The SMILES string of the molecule is O=C(O)CC(C(=O)O)C(=O)CCC(=O)C(CC(=O)O)C(=O)O.OCCOCCOCCOCCO. The molecule has 0 aliphatic rings. The number of carboxylic acids is 4. The molecule has 0 rings (SSSR count). The average molecular weight is 512 g/mol. The number of rotatable bonds is 21. The van der Waals surface area contributed by atoms with E-state index >= 15 is 0 Å². The van der Waals surface area contributed by atoms with Crippen LogP contribution in [-0.2, 0) is 43.0 Å². The molecule has 15 nitrogen and oxygen atoms in total. The lowest BCUT2D eigenvalue weighted by Gasteiger charge is -2.11. The highest BCUT2D eigenvalue weighted by molar-refractivity contribution is 6.04. The number of aliphatic hydroxyl groups is 2. The minimum atomic E-state index is -1.84. The van der Waals surface area contributed by atoms with Crippen LogP contribution in [0.5, 0.6) is 0 Å². The van der Waals surface area contributed by atoms with Crippen molar-refractivity contribution in [2.45, 2.75) is 25.7 Å². The van der Waals surface area contributed by atoms with Crippen molar-refractivity contribution in [1.82, 2.24) is 0 Å². The van der Waals surface area contributed by atoms with Gasteiger partial charge in [-0.05, 0) is 0 Å². The van der Waals surface area contributed by atoms with Crippen LogP contribution in [0.1, 0.15) is 25.7 Å². The van der Waals surface area contributed by atoms with Crippen LogP contribution in [0.25, 0.3) is 0 Å². The minimum absolute atomic E-state index is 0.0413. The standard InChI is InChI=1S/C12H14O10.C8H18O5/c13-7(5(11(19)20)3-9(15)16)1-2-8(14)6(12(21)22)4-10(17)18;9-1-3-11-5-7-13-8-6-12-4-2-10/h5-6H,1-4H2,(H,15,16)(H,17,18)(H,19,20)(H,21,22);9-10H,1-8H2. The van der Waals surface area contributed by atoms with E-state index in [1.165, 1.54) is 0 Å². The average Bonchev–Trinajstić information content (AvgIpc) is 2.78. The maximum atomic E-state index is 11.6. The molecule has 0 aromatic heterocycles. The fourth-order valence-corrected chi connectivity index (χ4v) is 2.29. The van der Waals surface area contributed by atoms with Gasteiger partial charge >= 0.3 is 23.9 Å². The molecule has 0 aliphatic heterocycles. The summed E-state index contributed by atoms with van der Waals surface area (Å²) in [6, 6.07) is 0. The van der Waals surface area contributed by atoms with E-state index in [9.17, 15) is 28.8 Å². The Kier molecular flexibility index (Phi) is 21.0. The molecule has 2 unspecified atom stereocenters. The second-order valence-electron chi connectivity index (χ2n) is 6.69. The van der Waals surface area contributed by atoms with E-state index in [0.29, 0.717) is 39.6 Å². The van der Waals surface area contributed by atoms with Crippen molar-refractivity contribution in [3.63, 3.8) is 0 Å². The van der Waals surface area contributed by atoms with Gasteiger partial charge in [0, 0.05) is 12.8 Å². The maximum Gasteiger partial charge on any atom is 0.314 e. The molecule has 0 bridgehead atoms. The van der Waals surface area contributed by atoms with E-state index in [4.69, 9.17) is 44.8 Å². The molecule has 0 aromatic rings. The number of Topliss-reactive ketones (excluding diaryl/α,β-unsaturated/α-hetero) is 2. The smallest absolute Gasteiger partial charge is 0.314 e. The molecule has 0 aromatic carbocycles. The first-order valence-corrected chi connectivity index (χ1v) is 10.4. The monoisotopic (exact) mass is 512 g/mol. The number of hydrogen-bond acceptors (Lipinski definition) is 11. The zero-order valence-corrected chi connectivity index (χ0v) is 19.0. The lowest BCUT2D eigenvalue weighted by atomic mass is 9.92. The summed E-state index contributed by atoms with van der Waals surface area (Å²) in [5, 5.41) is 51.2. The van der Waals surface area contributed by atoms with Crippen molar-refractivity contribution in [1.29, 1.82) is 0 Å². The van der Waals surface area contributed by atoms with Crippen LogP contribution in [0.3, 0.4) is 0 Å². The Labute approximate surface area is 200 Å². The normalized spacial score (nSPS) is 12.1. The molecule has 0 saturated carbocycles. The van der Waals surface area contributed by atoms with E-state index in [0.717, 1.165) is 0 Å². The summed E-state index contributed by atoms with van der Waals surface area (Å²) in [6.45, 7) is 2.76. The Hall–Kier alpha value is -2.98. The molecule has 0 amide bonds. The van der Waals surface area contributed by atoms with Gasteiger partial charge in [-0.25, -0.2) is 0 Å². The highest BCUT2D eigenvalue weighted by atomic mass is 16.5. The topological polar surface area (TPSA) is 251 Å². The summed E-state index contributed by atoms with van der Waals surface area (Å²) >= 11 is 0. The van der Waals surface area contributed by atoms with Gasteiger partial charge in [0.2, 0.25) is 0 Å². The molecular weight excluding hydrogens is 480 g/mol. The van der Waals surface area contributed by atoms with Crippen LogP contribution in [0, 0.1) is 11.8 Å². The van der Waals surface area contributed by atoms with Crippen LogP contribution < -0.4 is 0 Å². The summed E-state index contributed by atoms with van der Waals surface area (Å²) < 4.78 is 15.0. The summed E-state index contributed by atoms with van der Waals surface area (Å²) in [7, 11) is 0. The van der Waals surface area contributed by atoms with E-state index in [2.05, 4.69) is 0 Å². The number of hydrogen-bond donors (Lipinski definition) is 6. The Morgan fingerprint density at radius 2 is 0.800 bits per heavy atom. The van der Waals surface area contributed by atoms with Crippen molar-refractivity contribution in [2.24, 2.45) is 11.8 Å². The van der Waals surface area contributed by atoms with E-state index < -0.39 is 73.0 Å². The highest BCUT2D eigenvalue weighted by Gasteiger charge is 2.32. The zero-order chi connectivity index (χ0) is 27.2. The predicted octanol–water partition coefficient (Wildman–Crippen LogP) is -1.72. The third kappa shape index (κ3) is 20.1. The molecule has 2 atom stereocenters. The molecule has 202 valence electrons. The molecule has 0 spiro atoms. The van der Waals surface area contributed by atoms with Crippen LogP contribution in [0.2, 0.25) is 0 Å². The van der Waals surface area contributed by atoms with Gasteiger partial charge < -0.3 is 44.8 Å². The first-order valence-electron chi connectivity index (χ1n) is 10.4. The number of carboxylic acid groups (broad SMARTS) is 4. The number of carbonyl (C=O) groups is 6. The van der Waals surface area contributed by atoms with Crippen molar-refractivity contribution < 1.29 is 73.6 Å². The Morgan fingerprint density at radius 3 is 1.03 bits per heavy atom. The highest BCUT2D eigenvalue weighted by Crippen LogP contribution is 2.14. The summed E-state index contributed by atoms with van der Waals surface area (Å²) in [6.07, 6.45) is -3.27. The van der Waals surface area contributed by atoms with Gasteiger partial charge in [0.1, 0.15) is 23.4 Å². The lowest BCUT2D eigenvalue weighted by Crippen LogP contribution is -2.29. The van der Waals surface area contributed by atoms with Crippen LogP contribution in [-0.4, -0.2) is 119 Å². The van der Waals surface area contributed by atoms with Crippen LogP contribution >= 0.6 is 0 Å².